The summed E-state index contributed by atoms with van der Waals surface area (Å²) in [7, 11) is 1.89. The summed E-state index contributed by atoms with van der Waals surface area (Å²) in [5, 5.41) is 13.1. The predicted octanol–water partition coefficient (Wildman–Crippen LogP) is 6.18. The second kappa shape index (κ2) is 8.62. The monoisotopic (exact) mass is 522 g/mol. The van der Waals surface area contributed by atoms with Crippen LogP contribution in [0.5, 0.6) is 11.8 Å². The number of benzene rings is 2. The number of hydrogen-bond donors (Lipinski definition) is 1. The molecule has 2 heterocycles. The van der Waals surface area contributed by atoms with Gasteiger partial charge in [-0.2, -0.15) is 14.4 Å². The zero-order valence-electron chi connectivity index (χ0n) is 22.2. The van der Waals surface area contributed by atoms with Gasteiger partial charge in [-0.05, 0) is 79.5 Å². The van der Waals surface area contributed by atoms with Crippen LogP contribution in [-0.4, -0.2) is 30.2 Å². The molecule has 2 saturated carbocycles. The molecule has 0 saturated heterocycles. The molecule has 7 rings (SSSR count). The molecule has 5 atom stereocenters. The van der Waals surface area contributed by atoms with Crippen LogP contribution in [0, 0.1) is 35.7 Å². The van der Waals surface area contributed by atoms with Crippen molar-refractivity contribution in [1.82, 2.24) is 19.5 Å². The fourth-order valence-corrected chi connectivity index (χ4v) is 8.03. The van der Waals surface area contributed by atoms with E-state index in [0.717, 1.165) is 42.9 Å². The van der Waals surface area contributed by atoms with Gasteiger partial charge in [-0.15, -0.1) is 11.4 Å². The average molecular weight is 523 g/mol. The zero-order valence-corrected chi connectivity index (χ0v) is 22.2. The summed E-state index contributed by atoms with van der Waals surface area (Å²) in [6.07, 6.45) is 12.5. The molecule has 39 heavy (non-hydrogen) atoms. The third-order valence-electron chi connectivity index (χ3n) is 10.00. The van der Waals surface area contributed by atoms with E-state index >= 15 is 0 Å². The summed E-state index contributed by atoms with van der Waals surface area (Å²) in [4.78, 5) is 12.3. The van der Waals surface area contributed by atoms with E-state index in [1.165, 1.54) is 11.1 Å². The fraction of sp³-hybridized carbons (Fsp3) is 0.406. The maximum atomic E-state index is 14.5. The van der Waals surface area contributed by atoms with E-state index in [1.807, 2.05) is 54.2 Å². The Morgan fingerprint density at radius 3 is 2.79 bits per heavy atom. The molecule has 1 N–H and O–H groups in total. The first-order chi connectivity index (χ1) is 18.8. The number of halogens is 1. The Balaban J connectivity index is 1.17. The quantitative estimate of drug-likeness (QED) is 0.325. The minimum atomic E-state index is -0.995. The van der Waals surface area contributed by atoms with Gasteiger partial charge < -0.3 is 14.4 Å². The van der Waals surface area contributed by atoms with Gasteiger partial charge in [-0.3, -0.25) is 0 Å². The Hall–Kier alpha value is -3.76. The van der Waals surface area contributed by atoms with Gasteiger partial charge in [0, 0.05) is 29.4 Å². The molecular weight excluding hydrogens is 491 g/mol. The van der Waals surface area contributed by atoms with Gasteiger partial charge in [0.05, 0.1) is 5.69 Å². The van der Waals surface area contributed by atoms with Crippen LogP contribution in [0.3, 0.4) is 0 Å². The molecule has 6 nitrogen and oxygen atoms in total. The van der Waals surface area contributed by atoms with Crippen molar-refractivity contribution in [3.05, 3.63) is 65.9 Å². The van der Waals surface area contributed by atoms with Crippen molar-refractivity contribution in [2.24, 2.45) is 24.3 Å². The van der Waals surface area contributed by atoms with Crippen molar-refractivity contribution in [3.63, 3.8) is 0 Å². The molecule has 0 spiro atoms. The Morgan fingerprint density at radius 1 is 1.10 bits per heavy atom. The number of aromatic nitrogens is 4. The highest BCUT2D eigenvalue weighted by Crippen LogP contribution is 2.64. The van der Waals surface area contributed by atoms with E-state index in [1.54, 1.807) is 0 Å². The summed E-state index contributed by atoms with van der Waals surface area (Å²) < 4.78 is 22.5. The maximum Gasteiger partial charge on any atom is 0.328 e. The fourth-order valence-electron chi connectivity index (χ4n) is 8.03. The standard InChI is InChI=1S/C32H31FN4O2/c1-4-32(38)16-14-26-25-11-9-19-17-21(10-12-22(19)24(25)13-15-31(26,32)2)39-30-35-28(34-29(33)36-30)27-23-8-6-5-7-20(23)18-37(27)3/h1,5-8,10,12,17-18,24-26,38H,9,11,13-16H2,2-3H3/t24-,25-,26+,31+,32?/m1/s1. The number of hydrogen-bond acceptors (Lipinski definition) is 5. The number of aliphatic hydroxyl groups is 1. The SMILES string of the molecule is C#CC1(O)CC[C@H]2[C@@H]3CCc4cc(Oc5nc(F)nc(-c6c7ccccc7cn6C)n5)ccc4[C@H]3CC[C@@]21C. The average Bonchev–Trinajstić information content (AvgIpc) is 3.41. The van der Waals surface area contributed by atoms with Gasteiger partial charge in [0.1, 0.15) is 11.4 Å². The van der Waals surface area contributed by atoms with Crippen molar-refractivity contribution in [2.75, 3.05) is 0 Å². The highest BCUT2D eigenvalue weighted by molar-refractivity contribution is 5.94. The topological polar surface area (TPSA) is 73.1 Å². The van der Waals surface area contributed by atoms with E-state index in [4.69, 9.17) is 11.2 Å². The summed E-state index contributed by atoms with van der Waals surface area (Å²) in [5.74, 6) is 4.97. The molecular formula is C32H31FN4O2. The van der Waals surface area contributed by atoms with Crippen LogP contribution in [0.25, 0.3) is 22.3 Å². The largest absolute Gasteiger partial charge is 0.424 e. The number of ether oxygens (including phenoxy) is 1. The highest BCUT2D eigenvalue weighted by atomic mass is 19.1. The van der Waals surface area contributed by atoms with Crippen molar-refractivity contribution in [3.8, 4) is 35.6 Å². The molecule has 7 heteroatoms. The number of terminal acetylenes is 1. The number of nitrogens with zero attached hydrogens (tertiary/aromatic N) is 4. The summed E-state index contributed by atoms with van der Waals surface area (Å²) in [6, 6.07) is 13.9. The van der Waals surface area contributed by atoms with Gasteiger partial charge in [0.2, 0.25) is 0 Å². The molecule has 2 aromatic carbocycles. The maximum absolute atomic E-state index is 14.5. The number of aryl methyl sites for hydroxylation is 2. The third kappa shape index (κ3) is 3.61. The van der Waals surface area contributed by atoms with Crippen LogP contribution in [0.15, 0.2) is 48.7 Å². The lowest BCUT2D eigenvalue weighted by atomic mass is 9.53. The second-order valence-corrected chi connectivity index (χ2v) is 11.8. The first-order valence-corrected chi connectivity index (χ1v) is 13.8. The molecule has 0 radical (unpaired) electrons. The van der Waals surface area contributed by atoms with Crippen LogP contribution < -0.4 is 4.74 Å². The lowest BCUT2D eigenvalue weighted by Gasteiger charge is -2.52. The molecule has 1 unspecified atom stereocenters. The van der Waals surface area contributed by atoms with Crippen LogP contribution in [0.2, 0.25) is 0 Å². The van der Waals surface area contributed by atoms with Crippen molar-refractivity contribution >= 4 is 10.8 Å². The molecule has 2 aromatic heterocycles. The molecule has 0 aliphatic heterocycles. The van der Waals surface area contributed by atoms with E-state index in [2.05, 4.69) is 33.9 Å². The van der Waals surface area contributed by atoms with Crippen LogP contribution in [0.1, 0.15) is 56.1 Å². The molecule has 0 bridgehead atoms. The first kappa shape index (κ1) is 24.3. The minimum absolute atomic E-state index is 0.0654. The first-order valence-electron chi connectivity index (χ1n) is 13.8. The van der Waals surface area contributed by atoms with Gasteiger partial charge >= 0.3 is 12.1 Å². The predicted molar refractivity (Wildman–Crippen MR) is 147 cm³/mol. The second-order valence-electron chi connectivity index (χ2n) is 11.8. The lowest BCUT2D eigenvalue weighted by molar-refractivity contribution is -0.0646. The molecule has 0 amide bonds. The Bertz CT molecular complexity index is 1660. The molecule has 198 valence electrons. The Morgan fingerprint density at radius 2 is 1.95 bits per heavy atom. The van der Waals surface area contributed by atoms with Crippen molar-refractivity contribution < 1.29 is 14.2 Å². The summed E-state index contributed by atoms with van der Waals surface area (Å²) >= 11 is 0. The Labute approximate surface area is 227 Å². The van der Waals surface area contributed by atoms with Crippen molar-refractivity contribution in [1.29, 1.82) is 0 Å². The molecule has 4 aromatic rings. The normalized spacial score (nSPS) is 29.4. The van der Waals surface area contributed by atoms with Crippen LogP contribution in [0.4, 0.5) is 4.39 Å². The van der Waals surface area contributed by atoms with Gasteiger partial charge in [-0.1, -0.05) is 43.2 Å². The minimum Gasteiger partial charge on any atom is -0.424 e. The van der Waals surface area contributed by atoms with Gasteiger partial charge in [0.25, 0.3) is 0 Å². The molecule has 2 fully saturated rings. The third-order valence-corrected chi connectivity index (χ3v) is 10.00. The van der Waals surface area contributed by atoms with Gasteiger partial charge in [0.15, 0.2) is 5.82 Å². The van der Waals surface area contributed by atoms with E-state index < -0.39 is 11.7 Å². The smallest absolute Gasteiger partial charge is 0.328 e. The van der Waals surface area contributed by atoms with Gasteiger partial charge in [-0.25, -0.2) is 0 Å². The molecule has 3 aliphatic rings. The van der Waals surface area contributed by atoms with Crippen molar-refractivity contribution in [2.45, 2.75) is 57.0 Å². The summed E-state index contributed by atoms with van der Waals surface area (Å²) in [6.45, 7) is 2.20. The lowest BCUT2D eigenvalue weighted by Crippen LogP contribution is -2.50. The van der Waals surface area contributed by atoms with E-state index in [9.17, 15) is 9.50 Å². The van der Waals surface area contributed by atoms with Crippen LogP contribution in [-0.2, 0) is 13.5 Å². The number of rotatable bonds is 3. The zero-order chi connectivity index (χ0) is 26.9. The molecule has 3 aliphatic carbocycles. The summed E-state index contributed by atoms with van der Waals surface area (Å²) in [5.41, 5.74) is 2.11. The Kier molecular flexibility index (Phi) is 5.37. The number of fused-ring (bicyclic) bond motifs is 6. The van der Waals surface area contributed by atoms with E-state index in [-0.39, 0.29) is 17.2 Å². The van der Waals surface area contributed by atoms with Crippen LogP contribution >= 0.6 is 0 Å². The van der Waals surface area contributed by atoms with E-state index in [0.29, 0.717) is 35.6 Å². The highest BCUT2D eigenvalue weighted by Gasteiger charge is 2.61.